The summed E-state index contributed by atoms with van der Waals surface area (Å²) in [7, 11) is 2.11. The van der Waals surface area contributed by atoms with Gasteiger partial charge in [0.25, 0.3) is 0 Å². The number of aryl methyl sites for hydroxylation is 1. The minimum Gasteiger partial charge on any atom is -0.409 e. The van der Waals surface area contributed by atoms with Gasteiger partial charge in [-0.3, -0.25) is 0 Å². The Labute approximate surface area is 127 Å². The van der Waals surface area contributed by atoms with Crippen molar-refractivity contribution in [1.29, 1.82) is 0 Å². The zero-order valence-corrected chi connectivity index (χ0v) is 13.2. The van der Waals surface area contributed by atoms with Crippen molar-refractivity contribution in [2.75, 3.05) is 31.6 Å². The standard InChI is InChI=1S/C16H26N4O/c1-4-20-9-7-13(8-10-20)19(3)15-11-12(2)5-6-14(15)16(17)18-21/h5-6,11,13,21H,4,7-10H2,1-3H3,(H2,17,18). The summed E-state index contributed by atoms with van der Waals surface area (Å²) < 4.78 is 0. The molecule has 2 rings (SSSR count). The molecule has 1 fully saturated rings. The van der Waals surface area contributed by atoms with E-state index in [4.69, 9.17) is 10.9 Å². The lowest BCUT2D eigenvalue weighted by atomic mass is 10.0. The molecule has 1 aliphatic heterocycles. The lowest BCUT2D eigenvalue weighted by Crippen LogP contribution is -2.43. The number of hydrogen-bond donors (Lipinski definition) is 2. The Kier molecular flexibility index (Phi) is 5.07. The average molecular weight is 290 g/mol. The smallest absolute Gasteiger partial charge is 0.172 e. The molecule has 0 aromatic heterocycles. The summed E-state index contributed by atoms with van der Waals surface area (Å²) >= 11 is 0. The highest BCUT2D eigenvalue weighted by Gasteiger charge is 2.23. The summed E-state index contributed by atoms with van der Waals surface area (Å²) in [5, 5.41) is 12.1. The fourth-order valence-corrected chi connectivity index (χ4v) is 3.02. The molecule has 1 aliphatic rings. The molecule has 0 saturated carbocycles. The minimum absolute atomic E-state index is 0.169. The largest absolute Gasteiger partial charge is 0.409 e. The van der Waals surface area contributed by atoms with Gasteiger partial charge < -0.3 is 20.7 Å². The number of nitrogens with zero attached hydrogens (tertiary/aromatic N) is 3. The van der Waals surface area contributed by atoms with E-state index in [1.54, 1.807) is 0 Å². The predicted octanol–water partition coefficient (Wildman–Crippen LogP) is 2.01. The van der Waals surface area contributed by atoms with E-state index < -0.39 is 0 Å². The monoisotopic (exact) mass is 290 g/mol. The van der Waals surface area contributed by atoms with Crippen LogP contribution < -0.4 is 10.6 Å². The number of rotatable bonds is 4. The third kappa shape index (κ3) is 3.47. The minimum atomic E-state index is 0.169. The molecule has 5 heteroatoms. The Morgan fingerprint density at radius 3 is 2.67 bits per heavy atom. The highest BCUT2D eigenvalue weighted by molar-refractivity contribution is 6.02. The second-order valence-corrected chi connectivity index (χ2v) is 5.78. The number of benzene rings is 1. The summed E-state index contributed by atoms with van der Waals surface area (Å²) in [6.07, 6.45) is 2.29. The molecule has 1 saturated heterocycles. The van der Waals surface area contributed by atoms with Crippen molar-refractivity contribution in [2.24, 2.45) is 10.9 Å². The van der Waals surface area contributed by atoms with Gasteiger partial charge in [0, 0.05) is 37.4 Å². The van der Waals surface area contributed by atoms with Gasteiger partial charge in [-0.05, 0) is 44.0 Å². The fourth-order valence-electron chi connectivity index (χ4n) is 3.02. The first-order valence-electron chi connectivity index (χ1n) is 7.60. The number of amidine groups is 1. The van der Waals surface area contributed by atoms with Gasteiger partial charge in [0.15, 0.2) is 5.84 Å². The number of nitrogens with two attached hydrogens (primary N) is 1. The number of likely N-dealkylation sites (tertiary alicyclic amines) is 1. The van der Waals surface area contributed by atoms with E-state index in [9.17, 15) is 0 Å². The normalized spacial score (nSPS) is 18.0. The Morgan fingerprint density at radius 1 is 1.43 bits per heavy atom. The van der Waals surface area contributed by atoms with E-state index in [0.29, 0.717) is 6.04 Å². The van der Waals surface area contributed by atoms with Crippen molar-refractivity contribution in [3.63, 3.8) is 0 Å². The SMILES string of the molecule is CCN1CCC(N(C)c2cc(C)ccc2C(N)=NO)CC1. The first kappa shape index (κ1) is 15.6. The van der Waals surface area contributed by atoms with Gasteiger partial charge in [-0.25, -0.2) is 0 Å². The van der Waals surface area contributed by atoms with Gasteiger partial charge in [0.1, 0.15) is 0 Å². The highest BCUT2D eigenvalue weighted by atomic mass is 16.4. The van der Waals surface area contributed by atoms with Gasteiger partial charge in [-0.2, -0.15) is 0 Å². The molecule has 5 nitrogen and oxygen atoms in total. The van der Waals surface area contributed by atoms with Crippen molar-refractivity contribution >= 4 is 11.5 Å². The number of oxime groups is 1. The van der Waals surface area contributed by atoms with Crippen molar-refractivity contribution in [3.05, 3.63) is 29.3 Å². The van der Waals surface area contributed by atoms with Crippen molar-refractivity contribution in [2.45, 2.75) is 32.7 Å². The van der Waals surface area contributed by atoms with Crippen LogP contribution in [-0.2, 0) is 0 Å². The van der Waals surface area contributed by atoms with Crippen LogP contribution in [0.2, 0.25) is 0 Å². The van der Waals surface area contributed by atoms with E-state index in [-0.39, 0.29) is 5.84 Å². The Hall–Kier alpha value is -1.75. The Morgan fingerprint density at radius 2 is 2.10 bits per heavy atom. The maximum Gasteiger partial charge on any atom is 0.172 e. The second-order valence-electron chi connectivity index (χ2n) is 5.78. The maximum atomic E-state index is 8.98. The summed E-state index contributed by atoms with van der Waals surface area (Å²) in [4.78, 5) is 4.76. The predicted molar refractivity (Wildman–Crippen MR) is 87.2 cm³/mol. The van der Waals surface area contributed by atoms with E-state index in [2.05, 4.69) is 41.9 Å². The molecule has 0 unspecified atom stereocenters. The number of piperidine rings is 1. The van der Waals surface area contributed by atoms with E-state index in [1.165, 1.54) is 5.56 Å². The van der Waals surface area contributed by atoms with Crippen LogP contribution in [0.5, 0.6) is 0 Å². The molecule has 0 bridgehead atoms. The molecule has 1 aromatic rings. The molecule has 21 heavy (non-hydrogen) atoms. The van der Waals surface area contributed by atoms with Crippen LogP contribution in [0, 0.1) is 6.92 Å². The van der Waals surface area contributed by atoms with Crippen LogP contribution in [0.15, 0.2) is 23.4 Å². The third-order valence-corrected chi connectivity index (χ3v) is 4.47. The molecule has 1 heterocycles. The summed E-state index contributed by atoms with van der Waals surface area (Å²) in [5.41, 5.74) is 8.84. The van der Waals surface area contributed by atoms with E-state index >= 15 is 0 Å². The van der Waals surface area contributed by atoms with E-state index in [1.807, 2.05) is 12.1 Å². The lowest BCUT2D eigenvalue weighted by Gasteiger charge is -2.38. The summed E-state index contributed by atoms with van der Waals surface area (Å²) in [6, 6.07) is 6.53. The van der Waals surface area contributed by atoms with Crippen LogP contribution in [0.3, 0.4) is 0 Å². The summed E-state index contributed by atoms with van der Waals surface area (Å²) in [5.74, 6) is 0.169. The molecule has 0 amide bonds. The zero-order chi connectivity index (χ0) is 15.4. The average Bonchev–Trinajstić information content (AvgIpc) is 2.53. The molecular formula is C16H26N4O. The third-order valence-electron chi connectivity index (χ3n) is 4.47. The second kappa shape index (κ2) is 6.80. The van der Waals surface area contributed by atoms with Crippen LogP contribution >= 0.6 is 0 Å². The molecule has 0 atom stereocenters. The Balaban J connectivity index is 2.22. The molecule has 3 N–H and O–H groups in total. The van der Waals surface area contributed by atoms with Crippen molar-refractivity contribution in [1.82, 2.24) is 4.90 Å². The molecule has 0 radical (unpaired) electrons. The first-order valence-corrected chi connectivity index (χ1v) is 7.60. The van der Waals surface area contributed by atoms with Crippen molar-refractivity contribution in [3.8, 4) is 0 Å². The van der Waals surface area contributed by atoms with Crippen LogP contribution in [0.1, 0.15) is 30.9 Å². The first-order chi connectivity index (χ1) is 10.1. The lowest BCUT2D eigenvalue weighted by molar-refractivity contribution is 0.221. The molecular weight excluding hydrogens is 264 g/mol. The van der Waals surface area contributed by atoms with Gasteiger partial charge in [-0.1, -0.05) is 18.1 Å². The molecule has 1 aromatic carbocycles. The van der Waals surface area contributed by atoms with E-state index in [0.717, 1.165) is 43.7 Å². The van der Waals surface area contributed by atoms with Crippen LogP contribution in [0.25, 0.3) is 0 Å². The fraction of sp³-hybridized carbons (Fsp3) is 0.562. The molecule has 0 aliphatic carbocycles. The topological polar surface area (TPSA) is 65.1 Å². The Bertz CT molecular complexity index is 507. The summed E-state index contributed by atoms with van der Waals surface area (Å²) in [6.45, 7) is 7.66. The highest BCUT2D eigenvalue weighted by Crippen LogP contribution is 2.26. The number of hydrogen-bond acceptors (Lipinski definition) is 4. The quantitative estimate of drug-likeness (QED) is 0.385. The zero-order valence-electron chi connectivity index (χ0n) is 13.2. The van der Waals surface area contributed by atoms with Crippen molar-refractivity contribution < 1.29 is 5.21 Å². The van der Waals surface area contributed by atoms with Gasteiger partial charge in [0.2, 0.25) is 0 Å². The van der Waals surface area contributed by atoms with Gasteiger partial charge in [0.05, 0.1) is 0 Å². The number of anilines is 1. The van der Waals surface area contributed by atoms with Gasteiger partial charge in [-0.15, -0.1) is 0 Å². The molecule has 116 valence electrons. The maximum absolute atomic E-state index is 8.98. The van der Waals surface area contributed by atoms with Crippen LogP contribution in [-0.4, -0.2) is 48.7 Å². The van der Waals surface area contributed by atoms with Gasteiger partial charge >= 0.3 is 0 Å². The molecule has 0 spiro atoms. The van der Waals surface area contributed by atoms with Crippen LogP contribution in [0.4, 0.5) is 5.69 Å².